The van der Waals surface area contributed by atoms with Crippen LogP contribution in [0.1, 0.15) is 10.4 Å². The Morgan fingerprint density at radius 3 is 2.09 bits per heavy atom. The normalized spacial score (nSPS) is 11.3. The molecular formula is C14H12F2N2O4S. The Bertz CT molecular complexity index is 791. The summed E-state index contributed by atoms with van der Waals surface area (Å²) in [4.78, 5) is 10.9. The summed E-state index contributed by atoms with van der Waals surface area (Å²) in [7, 11) is -3.88. The lowest BCUT2D eigenvalue weighted by atomic mass is 10.2. The second-order valence-electron chi connectivity index (χ2n) is 4.40. The molecule has 0 aromatic heterocycles. The molecule has 2 aromatic rings. The number of alkyl halides is 2. The molecule has 0 bridgehead atoms. The Labute approximate surface area is 130 Å². The Balaban J connectivity index is 2.15. The molecule has 0 spiro atoms. The van der Waals surface area contributed by atoms with Crippen molar-refractivity contribution in [1.29, 1.82) is 0 Å². The van der Waals surface area contributed by atoms with Gasteiger partial charge in [-0.3, -0.25) is 9.52 Å². The molecule has 2 rings (SSSR count). The van der Waals surface area contributed by atoms with Gasteiger partial charge >= 0.3 is 6.61 Å². The summed E-state index contributed by atoms with van der Waals surface area (Å²) < 4.78 is 54.8. The van der Waals surface area contributed by atoms with Gasteiger partial charge in [0.25, 0.3) is 10.0 Å². The number of primary amides is 1. The lowest BCUT2D eigenvalue weighted by molar-refractivity contribution is -0.0498. The zero-order valence-corrected chi connectivity index (χ0v) is 12.4. The highest BCUT2D eigenvalue weighted by Gasteiger charge is 2.15. The molecule has 9 heteroatoms. The van der Waals surface area contributed by atoms with Gasteiger partial charge in [0.15, 0.2) is 0 Å². The van der Waals surface area contributed by atoms with Crippen molar-refractivity contribution in [2.45, 2.75) is 11.5 Å². The number of ether oxygens (including phenoxy) is 1. The highest BCUT2D eigenvalue weighted by Crippen LogP contribution is 2.21. The Hall–Kier alpha value is -2.68. The number of hydrogen-bond acceptors (Lipinski definition) is 4. The summed E-state index contributed by atoms with van der Waals surface area (Å²) >= 11 is 0. The van der Waals surface area contributed by atoms with Crippen LogP contribution in [0.3, 0.4) is 0 Å². The number of sulfonamides is 1. The fourth-order valence-electron chi connectivity index (χ4n) is 1.72. The molecular weight excluding hydrogens is 330 g/mol. The fourth-order valence-corrected chi connectivity index (χ4v) is 2.78. The minimum absolute atomic E-state index is 0.0737. The van der Waals surface area contributed by atoms with Crippen LogP contribution < -0.4 is 15.2 Å². The average Bonchev–Trinajstić information content (AvgIpc) is 2.48. The van der Waals surface area contributed by atoms with Crippen LogP contribution in [0.5, 0.6) is 5.75 Å². The number of halogens is 2. The number of anilines is 1. The van der Waals surface area contributed by atoms with E-state index in [1.165, 1.54) is 48.5 Å². The van der Waals surface area contributed by atoms with Crippen LogP contribution in [-0.2, 0) is 10.0 Å². The maximum absolute atomic E-state index is 12.2. The number of amides is 1. The molecule has 0 fully saturated rings. The molecule has 0 aliphatic rings. The number of carbonyl (C=O) groups excluding carboxylic acids is 1. The Morgan fingerprint density at radius 1 is 1.04 bits per heavy atom. The molecule has 0 saturated heterocycles. The topological polar surface area (TPSA) is 98.5 Å². The third kappa shape index (κ3) is 4.39. The van der Waals surface area contributed by atoms with Crippen molar-refractivity contribution in [3.8, 4) is 5.75 Å². The number of hydrogen-bond donors (Lipinski definition) is 2. The lowest BCUT2D eigenvalue weighted by Crippen LogP contribution is -2.14. The first-order valence-corrected chi connectivity index (χ1v) is 7.74. The monoisotopic (exact) mass is 342 g/mol. The van der Waals surface area contributed by atoms with Crippen molar-refractivity contribution in [3.63, 3.8) is 0 Å². The van der Waals surface area contributed by atoms with E-state index in [-0.39, 0.29) is 21.9 Å². The predicted octanol–water partition coefficient (Wildman–Crippen LogP) is 2.19. The Kier molecular flexibility index (Phi) is 4.80. The van der Waals surface area contributed by atoms with E-state index in [0.717, 1.165) is 0 Å². The standard InChI is InChI=1S/C14H12F2N2O4S/c15-14(16)22-11-5-3-10(4-6-11)18-23(20,21)12-7-1-9(2-8-12)13(17)19/h1-8,14,18H,(H2,17,19). The van der Waals surface area contributed by atoms with Gasteiger partial charge in [0.2, 0.25) is 5.91 Å². The molecule has 0 aliphatic carbocycles. The van der Waals surface area contributed by atoms with Crippen LogP contribution in [0.2, 0.25) is 0 Å². The van der Waals surface area contributed by atoms with E-state index in [1.807, 2.05) is 0 Å². The zero-order valence-electron chi connectivity index (χ0n) is 11.6. The highest BCUT2D eigenvalue weighted by molar-refractivity contribution is 7.92. The minimum atomic E-state index is -3.88. The summed E-state index contributed by atoms with van der Waals surface area (Å²) in [5, 5.41) is 0. The number of carbonyl (C=O) groups is 1. The minimum Gasteiger partial charge on any atom is -0.435 e. The van der Waals surface area contributed by atoms with Crippen molar-refractivity contribution in [2.75, 3.05) is 4.72 Å². The smallest absolute Gasteiger partial charge is 0.387 e. The van der Waals surface area contributed by atoms with Crippen molar-refractivity contribution in [2.24, 2.45) is 5.73 Å². The molecule has 3 N–H and O–H groups in total. The molecule has 23 heavy (non-hydrogen) atoms. The summed E-state index contributed by atoms with van der Waals surface area (Å²) in [6, 6.07) is 10.0. The number of nitrogens with two attached hydrogens (primary N) is 1. The highest BCUT2D eigenvalue weighted by atomic mass is 32.2. The maximum Gasteiger partial charge on any atom is 0.387 e. The van der Waals surface area contributed by atoms with E-state index >= 15 is 0 Å². The van der Waals surface area contributed by atoms with Crippen molar-refractivity contribution < 1.29 is 26.7 Å². The molecule has 1 amide bonds. The predicted molar refractivity (Wildman–Crippen MR) is 78.8 cm³/mol. The summed E-state index contributed by atoms with van der Waals surface area (Å²) in [6.07, 6.45) is 0. The van der Waals surface area contributed by atoms with Crippen LogP contribution >= 0.6 is 0 Å². The molecule has 0 saturated carbocycles. The number of rotatable bonds is 6. The van der Waals surface area contributed by atoms with Crippen LogP contribution in [0, 0.1) is 0 Å². The average molecular weight is 342 g/mol. The third-order valence-electron chi connectivity index (χ3n) is 2.78. The van der Waals surface area contributed by atoms with Gasteiger partial charge in [0.1, 0.15) is 5.75 Å². The number of benzene rings is 2. The fraction of sp³-hybridized carbons (Fsp3) is 0.0714. The van der Waals surface area contributed by atoms with Crippen LogP contribution in [-0.4, -0.2) is 20.9 Å². The first kappa shape index (κ1) is 16.7. The van der Waals surface area contributed by atoms with Gasteiger partial charge < -0.3 is 10.5 Å². The van der Waals surface area contributed by atoms with Gasteiger partial charge in [0, 0.05) is 11.3 Å². The van der Waals surface area contributed by atoms with E-state index in [0.29, 0.717) is 0 Å². The molecule has 0 radical (unpaired) electrons. The summed E-state index contributed by atoms with van der Waals surface area (Å²) in [5.41, 5.74) is 5.43. The SMILES string of the molecule is NC(=O)c1ccc(S(=O)(=O)Nc2ccc(OC(F)F)cc2)cc1. The molecule has 0 unspecified atom stereocenters. The largest absolute Gasteiger partial charge is 0.435 e. The molecule has 0 aliphatic heterocycles. The van der Waals surface area contributed by atoms with Gasteiger partial charge in [-0.25, -0.2) is 8.42 Å². The van der Waals surface area contributed by atoms with Crippen molar-refractivity contribution in [3.05, 3.63) is 54.1 Å². The van der Waals surface area contributed by atoms with Gasteiger partial charge in [-0.1, -0.05) is 0 Å². The van der Waals surface area contributed by atoms with E-state index in [4.69, 9.17) is 5.73 Å². The molecule has 0 heterocycles. The first-order chi connectivity index (χ1) is 10.8. The quantitative estimate of drug-likeness (QED) is 0.840. The number of nitrogens with one attached hydrogen (secondary N) is 1. The molecule has 122 valence electrons. The zero-order chi connectivity index (χ0) is 17.0. The van der Waals surface area contributed by atoms with E-state index in [2.05, 4.69) is 9.46 Å². The second kappa shape index (κ2) is 6.61. The first-order valence-electron chi connectivity index (χ1n) is 6.25. The van der Waals surface area contributed by atoms with Crippen LogP contribution in [0.4, 0.5) is 14.5 Å². The van der Waals surface area contributed by atoms with Crippen LogP contribution in [0.25, 0.3) is 0 Å². The van der Waals surface area contributed by atoms with Gasteiger partial charge in [-0.2, -0.15) is 8.78 Å². The van der Waals surface area contributed by atoms with Crippen molar-refractivity contribution in [1.82, 2.24) is 0 Å². The van der Waals surface area contributed by atoms with Gasteiger partial charge in [0.05, 0.1) is 4.90 Å². The lowest BCUT2D eigenvalue weighted by Gasteiger charge is -2.09. The maximum atomic E-state index is 12.2. The molecule has 2 aromatic carbocycles. The van der Waals surface area contributed by atoms with E-state index < -0.39 is 22.5 Å². The molecule has 6 nitrogen and oxygen atoms in total. The molecule has 0 atom stereocenters. The summed E-state index contributed by atoms with van der Waals surface area (Å²) in [6.45, 7) is -2.96. The summed E-state index contributed by atoms with van der Waals surface area (Å²) in [5.74, 6) is -0.759. The van der Waals surface area contributed by atoms with E-state index in [9.17, 15) is 22.0 Å². The Morgan fingerprint density at radius 2 is 1.61 bits per heavy atom. The van der Waals surface area contributed by atoms with Crippen LogP contribution in [0.15, 0.2) is 53.4 Å². The second-order valence-corrected chi connectivity index (χ2v) is 6.08. The third-order valence-corrected chi connectivity index (χ3v) is 4.18. The van der Waals surface area contributed by atoms with Gasteiger partial charge in [-0.15, -0.1) is 0 Å². The van der Waals surface area contributed by atoms with Crippen molar-refractivity contribution >= 4 is 21.6 Å². The van der Waals surface area contributed by atoms with Gasteiger partial charge in [-0.05, 0) is 48.5 Å². The van der Waals surface area contributed by atoms with E-state index in [1.54, 1.807) is 0 Å².